The van der Waals surface area contributed by atoms with Gasteiger partial charge in [-0.05, 0) is 43.7 Å². The van der Waals surface area contributed by atoms with E-state index in [1.165, 1.54) is 17.0 Å². The van der Waals surface area contributed by atoms with Crippen LogP contribution < -0.4 is 5.32 Å². The number of nitrogens with zero attached hydrogens (tertiary/aromatic N) is 4. The molecule has 1 fully saturated rings. The van der Waals surface area contributed by atoms with Gasteiger partial charge in [-0.3, -0.25) is 4.79 Å². The first-order chi connectivity index (χ1) is 17.3. The first-order valence-corrected chi connectivity index (χ1v) is 11.7. The van der Waals surface area contributed by atoms with Crippen LogP contribution in [0.4, 0.5) is 10.3 Å². The number of H-pyrrole nitrogens is 1. The normalized spacial score (nSPS) is 19.8. The fraction of sp³-hybridized carbons (Fsp3) is 0.440. The van der Waals surface area contributed by atoms with Crippen molar-refractivity contribution in [2.45, 2.75) is 19.6 Å². The van der Waals surface area contributed by atoms with Crippen LogP contribution >= 0.6 is 0 Å². The summed E-state index contributed by atoms with van der Waals surface area (Å²) in [5.41, 5.74) is 1.69. The summed E-state index contributed by atoms with van der Waals surface area (Å²) in [6.07, 6.45) is 1.67. The van der Waals surface area contributed by atoms with Crippen LogP contribution in [-0.4, -0.2) is 78.3 Å². The molecule has 11 heteroatoms. The van der Waals surface area contributed by atoms with E-state index < -0.39 is 11.7 Å². The summed E-state index contributed by atoms with van der Waals surface area (Å²) >= 11 is 0. The molecule has 3 heterocycles. The van der Waals surface area contributed by atoms with Crippen LogP contribution in [0.15, 0.2) is 36.5 Å². The quantitative estimate of drug-likeness (QED) is 0.432. The number of aromatic nitrogens is 4. The lowest BCUT2D eigenvalue weighted by molar-refractivity contribution is -0.233. The summed E-state index contributed by atoms with van der Waals surface area (Å²) in [7, 11) is 5.07. The second-order valence-electron chi connectivity index (χ2n) is 9.11. The number of ether oxygens (including phenoxy) is 3. The molecular weight excluding hydrogens is 467 g/mol. The van der Waals surface area contributed by atoms with E-state index in [0.717, 1.165) is 6.42 Å². The number of amides is 1. The standard InChI is InChI=1S/C25H31FN6O4/c1-25(23(33)32(2)3)14-35-22(36-15-25)21-30-19(16-6-8-17(26)9-7-16)20(31-21)18-10-12-28-24(29-18)27-11-5-13-34-4/h6-10,12,22H,5,11,13-15H2,1-4H3,(H,30,31)(H,27,28,29). The van der Waals surface area contributed by atoms with E-state index in [1.54, 1.807) is 45.6 Å². The average Bonchev–Trinajstić information content (AvgIpc) is 3.33. The van der Waals surface area contributed by atoms with E-state index in [4.69, 9.17) is 19.2 Å². The monoisotopic (exact) mass is 498 g/mol. The second-order valence-corrected chi connectivity index (χ2v) is 9.11. The second kappa shape index (κ2) is 11.1. The molecular formula is C25H31FN6O4. The minimum Gasteiger partial charge on any atom is -0.385 e. The van der Waals surface area contributed by atoms with Crippen LogP contribution in [0.5, 0.6) is 0 Å². The highest BCUT2D eigenvalue weighted by Gasteiger charge is 2.41. The Bertz CT molecular complexity index is 1180. The van der Waals surface area contributed by atoms with Crippen molar-refractivity contribution in [1.29, 1.82) is 0 Å². The number of hydrogen-bond acceptors (Lipinski definition) is 8. The van der Waals surface area contributed by atoms with Gasteiger partial charge in [0.15, 0.2) is 5.82 Å². The molecule has 0 atom stereocenters. The van der Waals surface area contributed by atoms with Crippen molar-refractivity contribution in [2.75, 3.05) is 52.9 Å². The van der Waals surface area contributed by atoms with Gasteiger partial charge in [0.1, 0.15) is 5.82 Å². The molecule has 0 spiro atoms. The molecule has 0 radical (unpaired) electrons. The molecule has 0 unspecified atom stereocenters. The maximum Gasteiger partial charge on any atom is 0.232 e. The van der Waals surface area contributed by atoms with E-state index in [1.807, 2.05) is 6.92 Å². The van der Waals surface area contributed by atoms with Gasteiger partial charge in [-0.1, -0.05) is 0 Å². The Morgan fingerprint density at radius 3 is 2.61 bits per heavy atom. The third-order valence-electron chi connectivity index (χ3n) is 5.81. The Balaban J connectivity index is 1.62. The SMILES string of the molecule is COCCCNc1nccc(-c2[nH]c(C3OCC(C)(C(=O)N(C)C)CO3)nc2-c2ccc(F)cc2)n1. The summed E-state index contributed by atoms with van der Waals surface area (Å²) in [5, 5.41) is 3.18. The molecule has 3 aromatic rings. The Morgan fingerprint density at radius 2 is 1.94 bits per heavy atom. The van der Waals surface area contributed by atoms with Gasteiger partial charge < -0.3 is 29.4 Å². The number of benzene rings is 1. The predicted molar refractivity (Wildman–Crippen MR) is 131 cm³/mol. The van der Waals surface area contributed by atoms with Crippen molar-refractivity contribution in [2.24, 2.45) is 5.41 Å². The molecule has 36 heavy (non-hydrogen) atoms. The number of halogens is 1. The Morgan fingerprint density at radius 1 is 1.22 bits per heavy atom. The number of rotatable bonds is 9. The molecule has 2 aromatic heterocycles. The summed E-state index contributed by atoms with van der Waals surface area (Å²) in [6.45, 7) is 3.46. The van der Waals surface area contributed by atoms with Gasteiger partial charge in [-0.25, -0.2) is 19.3 Å². The first kappa shape index (κ1) is 25.7. The highest BCUT2D eigenvalue weighted by atomic mass is 19.1. The van der Waals surface area contributed by atoms with Gasteiger partial charge in [-0.15, -0.1) is 0 Å². The number of carbonyl (C=O) groups is 1. The first-order valence-electron chi connectivity index (χ1n) is 11.7. The van der Waals surface area contributed by atoms with Crippen LogP contribution in [0.3, 0.4) is 0 Å². The minimum absolute atomic E-state index is 0.0698. The van der Waals surface area contributed by atoms with Crippen LogP contribution in [0, 0.1) is 11.2 Å². The third-order valence-corrected chi connectivity index (χ3v) is 5.81. The number of carbonyl (C=O) groups excluding carboxylic acids is 1. The van der Waals surface area contributed by atoms with Crippen LogP contribution in [0.1, 0.15) is 25.5 Å². The highest BCUT2D eigenvalue weighted by molar-refractivity contribution is 5.82. The van der Waals surface area contributed by atoms with Gasteiger partial charge in [0, 0.05) is 46.1 Å². The zero-order valence-electron chi connectivity index (χ0n) is 20.9. The van der Waals surface area contributed by atoms with Crippen LogP contribution in [-0.2, 0) is 19.0 Å². The molecule has 1 aliphatic rings. The molecule has 1 aromatic carbocycles. The molecule has 1 saturated heterocycles. The van der Waals surface area contributed by atoms with Crippen molar-refractivity contribution >= 4 is 11.9 Å². The molecule has 0 aliphatic carbocycles. The summed E-state index contributed by atoms with van der Waals surface area (Å²) < 4.78 is 30.5. The van der Waals surface area contributed by atoms with E-state index >= 15 is 0 Å². The number of imidazole rings is 1. The maximum absolute atomic E-state index is 13.6. The van der Waals surface area contributed by atoms with Gasteiger partial charge in [0.2, 0.25) is 18.1 Å². The Kier molecular flexibility index (Phi) is 7.92. The molecule has 192 valence electrons. The lowest BCUT2D eigenvalue weighted by atomic mass is 9.90. The Labute approximate surface area is 209 Å². The largest absolute Gasteiger partial charge is 0.385 e. The number of nitrogens with one attached hydrogen (secondary N) is 2. The molecule has 4 rings (SSSR count). The van der Waals surface area contributed by atoms with Gasteiger partial charge in [-0.2, -0.15) is 0 Å². The van der Waals surface area contributed by atoms with Gasteiger partial charge >= 0.3 is 0 Å². The van der Waals surface area contributed by atoms with Crippen molar-refractivity contribution in [3.8, 4) is 22.6 Å². The summed E-state index contributed by atoms with van der Waals surface area (Å²) in [4.78, 5) is 31.0. The van der Waals surface area contributed by atoms with E-state index in [2.05, 4.69) is 20.3 Å². The fourth-order valence-electron chi connectivity index (χ4n) is 3.94. The van der Waals surface area contributed by atoms with E-state index in [0.29, 0.717) is 47.6 Å². The molecule has 10 nitrogen and oxygen atoms in total. The predicted octanol–water partition coefficient (Wildman–Crippen LogP) is 3.26. The average molecular weight is 499 g/mol. The summed E-state index contributed by atoms with van der Waals surface area (Å²) in [6, 6.07) is 7.82. The lowest BCUT2D eigenvalue weighted by Crippen LogP contribution is -2.48. The number of anilines is 1. The number of methoxy groups -OCH3 is 1. The van der Waals surface area contributed by atoms with Crippen molar-refractivity contribution in [3.05, 3.63) is 48.2 Å². The molecule has 1 amide bonds. The number of aromatic amines is 1. The topological polar surface area (TPSA) is 114 Å². The van der Waals surface area contributed by atoms with Crippen molar-refractivity contribution in [3.63, 3.8) is 0 Å². The Hall–Kier alpha value is -3.41. The van der Waals surface area contributed by atoms with Crippen LogP contribution in [0.2, 0.25) is 0 Å². The lowest BCUT2D eigenvalue weighted by Gasteiger charge is -2.36. The van der Waals surface area contributed by atoms with E-state index in [9.17, 15) is 9.18 Å². The zero-order chi connectivity index (χ0) is 25.7. The van der Waals surface area contributed by atoms with Crippen molar-refractivity contribution < 1.29 is 23.4 Å². The maximum atomic E-state index is 13.6. The van der Waals surface area contributed by atoms with E-state index in [-0.39, 0.29) is 24.9 Å². The van der Waals surface area contributed by atoms with Gasteiger partial charge in [0.25, 0.3) is 0 Å². The third kappa shape index (κ3) is 5.69. The van der Waals surface area contributed by atoms with Gasteiger partial charge in [0.05, 0.1) is 35.7 Å². The smallest absolute Gasteiger partial charge is 0.232 e. The summed E-state index contributed by atoms with van der Waals surface area (Å²) in [5.74, 6) is 0.480. The minimum atomic E-state index is -0.797. The zero-order valence-corrected chi connectivity index (χ0v) is 20.9. The molecule has 0 saturated carbocycles. The van der Waals surface area contributed by atoms with Crippen molar-refractivity contribution in [1.82, 2.24) is 24.8 Å². The van der Waals surface area contributed by atoms with Crippen LogP contribution in [0.25, 0.3) is 22.6 Å². The molecule has 0 bridgehead atoms. The fourth-order valence-corrected chi connectivity index (χ4v) is 3.94. The molecule has 2 N–H and O–H groups in total. The number of hydrogen-bond donors (Lipinski definition) is 2. The highest BCUT2D eigenvalue weighted by Crippen LogP contribution is 2.36. The molecule has 1 aliphatic heterocycles.